The minimum atomic E-state index is -0.203. The van der Waals surface area contributed by atoms with Crippen LogP contribution in [0.3, 0.4) is 0 Å². The minimum absolute atomic E-state index is 0.138. The van der Waals surface area contributed by atoms with Crippen LogP contribution < -0.4 is 0 Å². The van der Waals surface area contributed by atoms with E-state index in [1.54, 1.807) is 18.2 Å². The standard InChI is InChI=1S/C20H14O3/c21-17-10-9-12-5-1-2-6-13(12)19(17)16-11-18(22)20(23)15-8-4-3-7-14(15)16/h1-11,21-23H. The van der Waals surface area contributed by atoms with E-state index in [1.807, 2.05) is 42.5 Å². The van der Waals surface area contributed by atoms with Crippen LogP contribution in [0.2, 0.25) is 0 Å². The maximum atomic E-state index is 10.4. The van der Waals surface area contributed by atoms with Crippen molar-refractivity contribution in [2.24, 2.45) is 0 Å². The van der Waals surface area contributed by atoms with Crippen molar-refractivity contribution in [3.05, 3.63) is 66.7 Å². The Morgan fingerprint density at radius 2 is 1.22 bits per heavy atom. The Morgan fingerprint density at radius 1 is 0.565 bits per heavy atom. The van der Waals surface area contributed by atoms with Gasteiger partial charge < -0.3 is 15.3 Å². The van der Waals surface area contributed by atoms with Gasteiger partial charge in [-0.15, -0.1) is 0 Å². The fourth-order valence-electron chi connectivity index (χ4n) is 3.10. The molecule has 0 atom stereocenters. The molecule has 4 aromatic carbocycles. The molecule has 0 heterocycles. The van der Waals surface area contributed by atoms with Crippen molar-refractivity contribution in [2.75, 3.05) is 0 Å². The summed E-state index contributed by atoms with van der Waals surface area (Å²) in [5.41, 5.74) is 1.33. The molecule has 0 aliphatic heterocycles. The van der Waals surface area contributed by atoms with Crippen LogP contribution in [0.25, 0.3) is 32.7 Å². The number of aromatic hydroxyl groups is 3. The Bertz CT molecular complexity index is 1050. The third-order valence-corrected chi connectivity index (χ3v) is 4.17. The van der Waals surface area contributed by atoms with Crippen molar-refractivity contribution in [2.45, 2.75) is 0 Å². The van der Waals surface area contributed by atoms with Crippen LogP contribution in [0, 0.1) is 0 Å². The van der Waals surface area contributed by atoms with Gasteiger partial charge in [0.25, 0.3) is 0 Å². The molecule has 0 aliphatic carbocycles. The summed E-state index contributed by atoms with van der Waals surface area (Å²) in [7, 11) is 0. The van der Waals surface area contributed by atoms with E-state index in [0.29, 0.717) is 16.5 Å². The molecule has 0 fully saturated rings. The van der Waals surface area contributed by atoms with Gasteiger partial charge in [0.15, 0.2) is 11.5 Å². The maximum Gasteiger partial charge on any atom is 0.165 e. The van der Waals surface area contributed by atoms with Gasteiger partial charge in [-0.05, 0) is 33.9 Å². The van der Waals surface area contributed by atoms with Crippen molar-refractivity contribution in [3.8, 4) is 28.4 Å². The fraction of sp³-hybridized carbons (Fsp3) is 0. The van der Waals surface area contributed by atoms with Crippen LogP contribution >= 0.6 is 0 Å². The second kappa shape index (κ2) is 4.92. The van der Waals surface area contributed by atoms with Crippen molar-refractivity contribution in [3.63, 3.8) is 0 Å². The summed E-state index contributed by atoms with van der Waals surface area (Å²) in [5.74, 6) is -0.214. The molecule has 4 rings (SSSR count). The molecule has 0 amide bonds. The van der Waals surface area contributed by atoms with Gasteiger partial charge in [-0.2, -0.15) is 0 Å². The van der Waals surface area contributed by atoms with Gasteiger partial charge >= 0.3 is 0 Å². The molecule has 0 saturated heterocycles. The number of hydrogen-bond acceptors (Lipinski definition) is 3. The SMILES string of the molecule is Oc1ccc2ccccc2c1-c1cc(O)c(O)c2ccccc12. The van der Waals surface area contributed by atoms with Gasteiger partial charge in [-0.1, -0.05) is 54.6 Å². The molecule has 4 aromatic rings. The van der Waals surface area contributed by atoms with Crippen LogP contribution in [-0.4, -0.2) is 15.3 Å². The molecule has 0 bridgehead atoms. The highest BCUT2D eigenvalue weighted by molar-refractivity contribution is 6.09. The van der Waals surface area contributed by atoms with E-state index in [1.165, 1.54) is 6.07 Å². The summed E-state index contributed by atoms with van der Waals surface area (Å²) in [5, 5.41) is 33.8. The summed E-state index contributed by atoms with van der Waals surface area (Å²) in [6.07, 6.45) is 0. The smallest absolute Gasteiger partial charge is 0.165 e. The normalized spacial score (nSPS) is 11.1. The Labute approximate surface area is 132 Å². The molecule has 112 valence electrons. The number of hydrogen-bond donors (Lipinski definition) is 3. The van der Waals surface area contributed by atoms with E-state index in [2.05, 4.69) is 0 Å². The number of rotatable bonds is 1. The van der Waals surface area contributed by atoms with E-state index >= 15 is 0 Å². The van der Waals surface area contributed by atoms with Crippen LogP contribution in [0.1, 0.15) is 0 Å². The maximum absolute atomic E-state index is 10.4. The van der Waals surface area contributed by atoms with Gasteiger partial charge in [-0.3, -0.25) is 0 Å². The number of phenols is 3. The first-order valence-electron chi connectivity index (χ1n) is 7.31. The van der Waals surface area contributed by atoms with E-state index in [-0.39, 0.29) is 17.2 Å². The molecular formula is C20H14O3. The van der Waals surface area contributed by atoms with Gasteiger partial charge in [0, 0.05) is 10.9 Å². The number of fused-ring (bicyclic) bond motifs is 2. The predicted octanol–water partition coefficient (Wildman–Crippen LogP) is 4.78. The molecule has 0 saturated carbocycles. The Morgan fingerprint density at radius 3 is 2.00 bits per heavy atom. The average Bonchev–Trinajstić information content (AvgIpc) is 2.58. The van der Waals surface area contributed by atoms with Crippen LogP contribution in [0.4, 0.5) is 0 Å². The fourth-order valence-corrected chi connectivity index (χ4v) is 3.10. The van der Waals surface area contributed by atoms with E-state index in [4.69, 9.17) is 0 Å². The summed E-state index contributed by atoms with van der Waals surface area (Å²) in [6.45, 7) is 0. The zero-order chi connectivity index (χ0) is 16.0. The largest absolute Gasteiger partial charge is 0.507 e. The first kappa shape index (κ1) is 13.5. The molecule has 0 aliphatic rings. The van der Waals surface area contributed by atoms with Gasteiger partial charge in [0.1, 0.15) is 5.75 Å². The van der Waals surface area contributed by atoms with Gasteiger partial charge in [0.2, 0.25) is 0 Å². The van der Waals surface area contributed by atoms with Crippen LogP contribution in [0.5, 0.6) is 17.2 Å². The molecule has 0 spiro atoms. The highest BCUT2D eigenvalue weighted by Gasteiger charge is 2.16. The molecular weight excluding hydrogens is 288 g/mol. The zero-order valence-electron chi connectivity index (χ0n) is 12.2. The number of benzene rings is 4. The molecule has 23 heavy (non-hydrogen) atoms. The third-order valence-electron chi connectivity index (χ3n) is 4.17. The number of phenolic OH excluding ortho intramolecular Hbond substituents is 3. The van der Waals surface area contributed by atoms with Crippen molar-refractivity contribution < 1.29 is 15.3 Å². The second-order valence-electron chi connectivity index (χ2n) is 5.52. The highest BCUT2D eigenvalue weighted by Crippen LogP contribution is 2.45. The van der Waals surface area contributed by atoms with Crippen molar-refractivity contribution >= 4 is 21.5 Å². The first-order valence-corrected chi connectivity index (χ1v) is 7.31. The lowest BCUT2D eigenvalue weighted by molar-refractivity contribution is 0.408. The van der Waals surface area contributed by atoms with Crippen molar-refractivity contribution in [1.82, 2.24) is 0 Å². The molecule has 3 heteroatoms. The topological polar surface area (TPSA) is 60.7 Å². The van der Waals surface area contributed by atoms with E-state index < -0.39 is 0 Å². The Kier molecular flexibility index (Phi) is 2.88. The summed E-state index contributed by atoms with van der Waals surface area (Å²) >= 11 is 0. The predicted molar refractivity (Wildman–Crippen MR) is 91.9 cm³/mol. The molecule has 0 aromatic heterocycles. The molecule has 0 unspecified atom stereocenters. The lowest BCUT2D eigenvalue weighted by atomic mass is 9.92. The van der Waals surface area contributed by atoms with Gasteiger partial charge in [0.05, 0.1) is 0 Å². The van der Waals surface area contributed by atoms with Crippen LogP contribution in [-0.2, 0) is 0 Å². The van der Waals surface area contributed by atoms with Crippen LogP contribution in [0.15, 0.2) is 66.7 Å². The summed E-state index contributed by atoms with van der Waals surface area (Å²) in [4.78, 5) is 0. The monoisotopic (exact) mass is 302 g/mol. The lowest BCUT2D eigenvalue weighted by Crippen LogP contribution is -1.86. The lowest BCUT2D eigenvalue weighted by Gasteiger charge is -2.14. The quantitative estimate of drug-likeness (QED) is 0.444. The third kappa shape index (κ3) is 1.98. The molecule has 3 N–H and O–H groups in total. The average molecular weight is 302 g/mol. The van der Waals surface area contributed by atoms with Gasteiger partial charge in [-0.25, -0.2) is 0 Å². The Balaban J connectivity index is 2.20. The summed E-state index contributed by atoms with van der Waals surface area (Å²) < 4.78 is 0. The van der Waals surface area contributed by atoms with E-state index in [0.717, 1.165) is 16.2 Å². The zero-order valence-corrected chi connectivity index (χ0v) is 12.2. The molecule has 0 radical (unpaired) electrons. The minimum Gasteiger partial charge on any atom is -0.507 e. The summed E-state index contributed by atoms with van der Waals surface area (Å²) in [6, 6.07) is 20.0. The second-order valence-corrected chi connectivity index (χ2v) is 5.52. The Hall–Kier alpha value is -3.20. The highest BCUT2D eigenvalue weighted by atomic mass is 16.3. The van der Waals surface area contributed by atoms with Crippen molar-refractivity contribution in [1.29, 1.82) is 0 Å². The first-order chi connectivity index (χ1) is 11.2. The van der Waals surface area contributed by atoms with E-state index in [9.17, 15) is 15.3 Å². The molecule has 3 nitrogen and oxygen atoms in total.